The second-order valence-corrected chi connectivity index (χ2v) is 4.26. The molecule has 0 unspecified atom stereocenters. The highest BCUT2D eigenvalue weighted by atomic mass is 16.5. The molecular formula is C16H14N2O. The molecule has 1 aromatic heterocycles. The Balaban J connectivity index is 1.96. The van der Waals surface area contributed by atoms with Crippen LogP contribution in [0.15, 0.2) is 60.7 Å². The first-order valence-electron chi connectivity index (χ1n) is 6.18. The minimum absolute atomic E-state index is 0.448. The number of pyridine rings is 1. The summed E-state index contributed by atoms with van der Waals surface area (Å²) in [6.45, 7) is 0.448. The second-order valence-electron chi connectivity index (χ2n) is 4.26. The van der Waals surface area contributed by atoms with E-state index in [-0.39, 0.29) is 0 Å². The number of aromatic nitrogens is 1. The van der Waals surface area contributed by atoms with Crippen molar-refractivity contribution < 1.29 is 4.74 Å². The largest absolute Gasteiger partial charge is 0.439 e. The standard InChI is InChI=1S/C16H14N2O/c17-11-13-6-2-4-8-15(13)19-16-10-9-12-5-1-3-7-14(12)18-16/h1-10H,11,17H2. The summed E-state index contributed by atoms with van der Waals surface area (Å²) in [5, 5.41) is 1.10. The van der Waals surface area contributed by atoms with Crippen LogP contribution in [-0.2, 0) is 6.54 Å². The smallest absolute Gasteiger partial charge is 0.219 e. The van der Waals surface area contributed by atoms with Crippen molar-refractivity contribution >= 4 is 10.9 Å². The molecule has 0 bridgehead atoms. The van der Waals surface area contributed by atoms with Gasteiger partial charge in [0.2, 0.25) is 5.88 Å². The number of fused-ring (bicyclic) bond motifs is 1. The summed E-state index contributed by atoms with van der Waals surface area (Å²) in [4.78, 5) is 4.48. The van der Waals surface area contributed by atoms with Crippen molar-refractivity contribution in [3.8, 4) is 11.6 Å². The van der Waals surface area contributed by atoms with Crippen molar-refractivity contribution in [1.82, 2.24) is 4.98 Å². The highest BCUT2D eigenvalue weighted by Crippen LogP contribution is 2.25. The van der Waals surface area contributed by atoms with Gasteiger partial charge in [-0.2, -0.15) is 0 Å². The monoisotopic (exact) mass is 250 g/mol. The van der Waals surface area contributed by atoms with Gasteiger partial charge in [-0.15, -0.1) is 0 Å². The van der Waals surface area contributed by atoms with Gasteiger partial charge in [-0.3, -0.25) is 0 Å². The van der Waals surface area contributed by atoms with Gasteiger partial charge < -0.3 is 10.5 Å². The Kier molecular flexibility index (Phi) is 3.12. The van der Waals surface area contributed by atoms with Crippen molar-refractivity contribution in [2.75, 3.05) is 0 Å². The molecule has 0 saturated heterocycles. The van der Waals surface area contributed by atoms with Gasteiger partial charge in [0.1, 0.15) is 5.75 Å². The summed E-state index contributed by atoms with van der Waals surface area (Å²) in [6, 6.07) is 19.6. The van der Waals surface area contributed by atoms with E-state index in [1.807, 2.05) is 60.7 Å². The first-order chi connectivity index (χ1) is 9.36. The zero-order valence-corrected chi connectivity index (χ0v) is 10.4. The van der Waals surface area contributed by atoms with Crippen molar-refractivity contribution in [3.05, 3.63) is 66.2 Å². The van der Waals surface area contributed by atoms with E-state index in [0.717, 1.165) is 22.2 Å². The molecule has 3 rings (SSSR count). The lowest BCUT2D eigenvalue weighted by Crippen LogP contribution is -1.99. The highest BCUT2D eigenvalue weighted by molar-refractivity contribution is 5.78. The third-order valence-electron chi connectivity index (χ3n) is 2.98. The van der Waals surface area contributed by atoms with Gasteiger partial charge in [0.05, 0.1) is 5.52 Å². The van der Waals surface area contributed by atoms with Gasteiger partial charge in [-0.05, 0) is 18.2 Å². The normalized spacial score (nSPS) is 10.6. The van der Waals surface area contributed by atoms with Crippen LogP contribution in [0.1, 0.15) is 5.56 Å². The van der Waals surface area contributed by atoms with Gasteiger partial charge >= 0.3 is 0 Å². The molecule has 19 heavy (non-hydrogen) atoms. The molecule has 0 atom stereocenters. The minimum atomic E-state index is 0.448. The fourth-order valence-corrected chi connectivity index (χ4v) is 1.99. The number of benzene rings is 2. The minimum Gasteiger partial charge on any atom is -0.439 e. The maximum absolute atomic E-state index is 5.82. The molecule has 3 heteroatoms. The van der Waals surface area contributed by atoms with E-state index in [1.165, 1.54) is 0 Å². The van der Waals surface area contributed by atoms with Gasteiger partial charge in [-0.1, -0.05) is 36.4 Å². The van der Waals surface area contributed by atoms with Gasteiger partial charge in [-0.25, -0.2) is 4.98 Å². The molecule has 3 aromatic rings. The number of nitrogens with two attached hydrogens (primary N) is 1. The number of hydrogen-bond acceptors (Lipinski definition) is 3. The summed E-state index contributed by atoms with van der Waals surface area (Å²) in [5.41, 5.74) is 7.59. The van der Waals surface area contributed by atoms with Gasteiger partial charge in [0.15, 0.2) is 0 Å². The predicted molar refractivity (Wildman–Crippen MR) is 76.2 cm³/mol. The number of rotatable bonds is 3. The van der Waals surface area contributed by atoms with E-state index >= 15 is 0 Å². The van der Waals surface area contributed by atoms with E-state index in [9.17, 15) is 0 Å². The lowest BCUT2D eigenvalue weighted by molar-refractivity contribution is 0.459. The highest BCUT2D eigenvalue weighted by Gasteiger charge is 2.04. The lowest BCUT2D eigenvalue weighted by Gasteiger charge is -2.09. The lowest BCUT2D eigenvalue weighted by atomic mass is 10.2. The Labute approximate surface area is 111 Å². The zero-order valence-electron chi connectivity index (χ0n) is 10.4. The molecule has 0 amide bonds. The molecule has 0 spiro atoms. The van der Waals surface area contributed by atoms with Crippen LogP contribution in [0.2, 0.25) is 0 Å². The fraction of sp³-hybridized carbons (Fsp3) is 0.0625. The molecule has 94 valence electrons. The Bertz CT molecular complexity index is 710. The van der Waals surface area contributed by atoms with Crippen molar-refractivity contribution in [1.29, 1.82) is 0 Å². The van der Waals surface area contributed by atoms with E-state index in [1.54, 1.807) is 0 Å². The van der Waals surface area contributed by atoms with Crippen LogP contribution in [0.5, 0.6) is 11.6 Å². The summed E-state index contributed by atoms with van der Waals surface area (Å²) in [7, 11) is 0. The maximum atomic E-state index is 5.82. The summed E-state index contributed by atoms with van der Waals surface area (Å²) < 4.78 is 5.82. The second kappa shape index (κ2) is 5.08. The molecule has 0 fully saturated rings. The van der Waals surface area contributed by atoms with Crippen molar-refractivity contribution in [2.24, 2.45) is 5.73 Å². The average molecular weight is 250 g/mol. The zero-order chi connectivity index (χ0) is 13.1. The van der Waals surface area contributed by atoms with Crippen molar-refractivity contribution in [2.45, 2.75) is 6.54 Å². The third kappa shape index (κ3) is 2.41. The Hall–Kier alpha value is -2.39. The number of ether oxygens (including phenoxy) is 1. The fourth-order valence-electron chi connectivity index (χ4n) is 1.99. The van der Waals surface area contributed by atoms with Crippen LogP contribution in [0.3, 0.4) is 0 Å². The average Bonchev–Trinajstić information content (AvgIpc) is 2.48. The summed E-state index contributed by atoms with van der Waals surface area (Å²) >= 11 is 0. The van der Waals surface area contributed by atoms with Gasteiger partial charge in [0, 0.05) is 23.6 Å². The molecule has 0 radical (unpaired) electrons. The maximum Gasteiger partial charge on any atom is 0.219 e. The van der Waals surface area contributed by atoms with E-state index in [4.69, 9.17) is 10.5 Å². The van der Waals surface area contributed by atoms with Crippen LogP contribution in [0.4, 0.5) is 0 Å². The van der Waals surface area contributed by atoms with Crippen LogP contribution < -0.4 is 10.5 Å². The Morgan fingerprint density at radius 2 is 1.68 bits per heavy atom. The van der Waals surface area contributed by atoms with Crippen LogP contribution in [-0.4, -0.2) is 4.98 Å². The first kappa shape index (κ1) is 11.7. The van der Waals surface area contributed by atoms with E-state index in [2.05, 4.69) is 4.98 Å². The van der Waals surface area contributed by atoms with Crippen LogP contribution in [0, 0.1) is 0 Å². The molecule has 0 aliphatic rings. The number of para-hydroxylation sites is 2. The molecule has 0 aliphatic carbocycles. The summed E-state index contributed by atoms with van der Waals surface area (Å²) in [5.74, 6) is 1.34. The molecule has 0 aliphatic heterocycles. The number of nitrogens with zero attached hydrogens (tertiary/aromatic N) is 1. The first-order valence-corrected chi connectivity index (χ1v) is 6.18. The van der Waals surface area contributed by atoms with Crippen molar-refractivity contribution in [3.63, 3.8) is 0 Å². The van der Waals surface area contributed by atoms with Crippen LogP contribution in [0.25, 0.3) is 10.9 Å². The quantitative estimate of drug-likeness (QED) is 0.774. The van der Waals surface area contributed by atoms with E-state index in [0.29, 0.717) is 12.4 Å². The molecular weight excluding hydrogens is 236 g/mol. The van der Waals surface area contributed by atoms with Gasteiger partial charge in [0.25, 0.3) is 0 Å². The SMILES string of the molecule is NCc1ccccc1Oc1ccc2ccccc2n1. The molecule has 2 aromatic carbocycles. The predicted octanol–water partition coefficient (Wildman–Crippen LogP) is 3.49. The van der Waals surface area contributed by atoms with Crippen LogP contribution >= 0.6 is 0 Å². The topological polar surface area (TPSA) is 48.1 Å². The molecule has 3 nitrogen and oxygen atoms in total. The Morgan fingerprint density at radius 3 is 2.58 bits per heavy atom. The summed E-state index contributed by atoms with van der Waals surface area (Å²) in [6.07, 6.45) is 0. The number of hydrogen-bond donors (Lipinski definition) is 1. The molecule has 0 saturated carbocycles. The molecule has 2 N–H and O–H groups in total. The Morgan fingerprint density at radius 1 is 0.895 bits per heavy atom. The van der Waals surface area contributed by atoms with E-state index < -0.39 is 0 Å². The molecule has 1 heterocycles. The third-order valence-corrected chi connectivity index (χ3v) is 2.98.